The second kappa shape index (κ2) is 7.73. The lowest BCUT2D eigenvalue weighted by Gasteiger charge is -2.00. The lowest BCUT2D eigenvalue weighted by Crippen LogP contribution is -2.31. The highest BCUT2D eigenvalue weighted by atomic mass is 16.2. The van der Waals surface area contributed by atoms with Crippen molar-refractivity contribution in [1.29, 1.82) is 0 Å². The summed E-state index contributed by atoms with van der Waals surface area (Å²) >= 11 is 0. The largest absolute Gasteiger partial charge is 0.311 e. The third-order valence-corrected chi connectivity index (χ3v) is 2.90. The van der Waals surface area contributed by atoms with Crippen LogP contribution in [-0.2, 0) is 16.0 Å². The number of amides is 2. The van der Waals surface area contributed by atoms with E-state index in [4.69, 9.17) is 5.84 Å². The van der Waals surface area contributed by atoms with Crippen molar-refractivity contribution in [3.8, 4) is 11.8 Å². The number of nitrogens with two attached hydrogens (primary N) is 1. The number of nitrogens with one attached hydrogen (secondary N) is 2. The molecule has 0 saturated carbocycles. The second-order valence-corrected chi connectivity index (χ2v) is 4.80. The Morgan fingerprint density at radius 3 is 2.30 bits per heavy atom. The summed E-state index contributed by atoms with van der Waals surface area (Å²) in [6.45, 7) is 1.43. The van der Waals surface area contributed by atoms with Gasteiger partial charge < -0.3 is 5.32 Å². The molecular weight excluding hydrogens is 292 g/mol. The zero-order chi connectivity index (χ0) is 16.7. The molecule has 6 nitrogen and oxygen atoms in total. The minimum absolute atomic E-state index is 0.167. The molecule has 2 amide bonds. The molecule has 4 N–H and O–H groups in total. The zero-order valence-corrected chi connectivity index (χ0v) is 12.6. The van der Waals surface area contributed by atoms with Gasteiger partial charge in [-0.25, -0.2) is 10.8 Å². The Hall–Kier alpha value is -3.17. The van der Waals surface area contributed by atoms with Gasteiger partial charge in [-0.2, -0.15) is 0 Å². The van der Waals surface area contributed by atoms with Gasteiger partial charge in [-0.1, -0.05) is 24.0 Å². The summed E-state index contributed by atoms with van der Waals surface area (Å²) in [6.07, 6.45) is 1.83. The first kappa shape index (κ1) is 16.2. The van der Waals surface area contributed by atoms with E-state index < -0.39 is 0 Å². The lowest BCUT2D eigenvalue weighted by molar-refractivity contribution is -0.120. The quantitative estimate of drug-likeness (QED) is 0.341. The molecule has 23 heavy (non-hydrogen) atoms. The number of nitrogens with zero attached hydrogens (tertiary/aromatic N) is 1. The molecule has 6 heteroatoms. The van der Waals surface area contributed by atoms with Crippen LogP contribution >= 0.6 is 0 Å². The smallest absolute Gasteiger partial charge is 0.238 e. The highest BCUT2D eigenvalue weighted by Crippen LogP contribution is 2.06. The molecule has 0 aliphatic heterocycles. The van der Waals surface area contributed by atoms with E-state index in [0.717, 1.165) is 16.7 Å². The van der Waals surface area contributed by atoms with E-state index in [9.17, 15) is 9.59 Å². The molecule has 0 radical (unpaired) electrons. The van der Waals surface area contributed by atoms with Crippen molar-refractivity contribution in [2.75, 3.05) is 5.32 Å². The first-order chi connectivity index (χ1) is 11.1. The summed E-state index contributed by atoms with van der Waals surface area (Å²) in [6, 6.07) is 10.8. The fourth-order valence-electron chi connectivity index (χ4n) is 1.81. The zero-order valence-electron chi connectivity index (χ0n) is 12.6. The van der Waals surface area contributed by atoms with E-state index in [1.165, 1.54) is 6.92 Å². The van der Waals surface area contributed by atoms with E-state index in [1.54, 1.807) is 18.3 Å². The number of anilines is 1. The topological polar surface area (TPSA) is 97.1 Å². The summed E-state index contributed by atoms with van der Waals surface area (Å²) in [5.74, 6) is 11.1. The number of hydrogen-bond acceptors (Lipinski definition) is 4. The van der Waals surface area contributed by atoms with Gasteiger partial charge in [0.2, 0.25) is 11.8 Å². The van der Waals surface area contributed by atoms with Gasteiger partial charge in [0, 0.05) is 24.2 Å². The Morgan fingerprint density at radius 1 is 1.09 bits per heavy atom. The Labute approximate surface area is 134 Å². The number of carbonyl (C=O) groups excluding carboxylic acids is 2. The van der Waals surface area contributed by atoms with E-state index in [2.05, 4.69) is 27.6 Å². The van der Waals surface area contributed by atoms with Gasteiger partial charge in [-0.3, -0.25) is 15.0 Å². The van der Waals surface area contributed by atoms with Crippen LogP contribution < -0.4 is 16.6 Å². The third kappa shape index (κ3) is 5.26. The summed E-state index contributed by atoms with van der Waals surface area (Å²) in [7, 11) is 0. The van der Waals surface area contributed by atoms with E-state index in [0.29, 0.717) is 5.82 Å². The molecular formula is C17H16N4O2. The summed E-state index contributed by atoms with van der Waals surface area (Å²) in [5, 5.41) is 2.59. The molecule has 116 valence electrons. The van der Waals surface area contributed by atoms with E-state index in [-0.39, 0.29) is 18.2 Å². The van der Waals surface area contributed by atoms with Crippen LogP contribution in [0.1, 0.15) is 23.6 Å². The molecule has 1 aromatic carbocycles. The molecule has 2 aromatic rings. The van der Waals surface area contributed by atoms with Crippen LogP contribution in [0.3, 0.4) is 0 Å². The SMILES string of the molecule is CC(=O)Nc1ccc(C#Cc2ccc(CC(=O)NN)cc2)cn1. The maximum Gasteiger partial charge on any atom is 0.238 e. The number of rotatable bonds is 3. The highest BCUT2D eigenvalue weighted by molar-refractivity contribution is 5.87. The third-order valence-electron chi connectivity index (χ3n) is 2.90. The maximum absolute atomic E-state index is 11.2. The Morgan fingerprint density at radius 2 is 1.74 bits per heavy atom. The van der Waals surface area contributed by atoms with Crippen LogP contribution in [0.5, 0.6) is 0 Å². The average molecular weight is 308 g/mol. The van der Waals surface area contributed by atoms with Crippen molar-refractivity contribution in [1.82, 2.24) is 10.4 Å². The van der Waals surface area contributed by atoms with Crippen LogP contribution in [0.2, 0.25) is 0 Å². The van der Waals surface area contributed by atoms with Crippen molar-refractivity contribution >= 4 is 17.6 Å². The number of hydrogen-bond donors (Lipinski definition) is 3. The molecule has 0 unspecified atom stereocenters. The lowest BCUT2D eigenvalue weighted by atomic mass is 10.1. The number of benzene rings is 1. The maximum atomic E-state index is 11.2. The van der Waals surface area contributed by atoms with Gasteiger partial charge in [0.05, 0.1) is 6.42 Å². The molecule has 0 aliphatic rings. The fourth-order valence-corrected chi connectivity index (χ4v) is 1.81. The molecule has 1 aromatic heterocycles. The van der Waals surface area contributed by atoms with E-state index >= 15 is 0 Å². The van der Waals surface area contributed by atoms with Crippen molar-refractivity contribution in [3.05, 3.63) is 59.3 Å². The van der Waals surface area contributed by atoms with Crippen molar-refractivity contribution in [2.24, 2.45) is 5.84 Å². The van der Waals surface area contributed by atoms with E-state index in [1.807, 2.05) is 24.3 Å². The Bertz CT molecular complexity index is 756. The predicted octanol–water partition coefficient (Wildman–Crippen LogP) is 0.972. The van der Waals surface area contributed by atoms with Crippen LogP contribution in [-0.4, -0.2) is 16.8 Å². The first-order valence-electron chi connectivity index (χ1n) is 6.91. The van der Waals surface area contributed by atoms with Crippen LogP contribution in [0.25, 0.3) is 0 Å². The normalized spacial score (nSPS) is 9.48. The van der Waals surface area contributed by atoms with Crippen LogP contribution in [0.15, 0.2) is 42.6 Å². The minimum Gasteiger partial charge on any atom is -0.311 e. The molecule has 2 rings (SSSR count). The summed E-state index contributed by atoms with van der Waals surface area (Å²) in [4.78, 5) is 26.2. The second-order valence-electron chi connectivity index (χ2n) is 4.80. The van der Waals surface area contributed by atoms with Crippen molar-refractivity contribution in [3.63, 3.8) is 0 Å². The number of pyridine rings is 1. The van der Waals surface area contributed by atoms with Gasteiger partial charge in [0.25, 0.3) is 0 Å². The average Bonchev–Trinajstić information content (AvgIpc) is 2.55. The van der Waals surface area contributed by atoms with Crippen LogP contribution in [0.4, 0.5) is 5.82 Å². The van der Waals surface area contributed by atoms with Crippen molar-refractivity contribution < 1.29 is 9.59 Å². The summed E-state index contributed by atoms with van der Waals surface area (Å²) < 4.78 is 0. The van der Waals surface area contributed by atoms with Gasteiger partial charge in [-0.15, -0.1) is 0 Å². The molecule has 0 fully saturated rings. The number of carbonyl (C=O) groups is 2. The highest BCUT2D eigenvalue weighted by Gasteiger charge is 2.00. The van der Waals surface area contributed by atoms with Crippen LogP contribution in [0, 0.1) is 11.8 Å². The minimum atomic E-state index is -0.242. The predicted molar refractivity (Wildman–Crippen MR) is 87.0 cm³/mol. The molecule has 0 atom stereocenters. The Kier molecular flexibility index (Phi) is 5.45. The molecule has 0 aliphatic carbocycles. The first-order valence-corrected chi connectivity index (χ1v) is 6.91. The van der Waals surface area contributed by atoms with Gasteiger partial charge >= 0.3 is 0 Å². The monoisotopic (exact) mass is 308 g/mol. The molecule has 0 spiro atoms. The van der Waals surface area contributed by atoms with Gasteiger partial charge in [0.1, 0.15) is 5.82 Å². The Balaban J connectivity index is 2.03. The van der Waals surface area contributed by atoms with Gasteiger partial charge in [-0.05, 0) is 29.8 Å². The van der Waals surface area contributed by atoms with Gasteiger partial charge in [0.15, 0.2) is 0 Å². The number of aromatic nitrogens is 1. The molecule has 1 heterocycles. The number of hydrazine groups is 1. The molecule has 0 saturated heterocycles. The molecule has 0 bridgehead atoms. The standard InChI is InChI=1S/C17H16N4O2/c1-12(22)20-16-9-8-15(11-19-16)7-4-13-2-5-14(6-3-13)10-17(23)21-18/h2-3,5-6,8-9,11H,10,18H2,1H3,(H,21,23)(H,19,20,22). The summed E-state index contributed by atoms with van der Waals surface area (Å²) in [5.41, 5.74) is 4.52. The fraction of sp³-hybridized carbons (Fsp3) is 0.118. The van der Waals surface area contributed by atoms with Crippen molar-refractivity contribution in [2.45, 2.75) is 13.3 Å².